The van der Waals surface area contributed by atoms with Crippen LogP contribution >= 0.6 is 0 Å². The van der Waals surface area contributed by atoms with Crippen LogP contribution in [0.1, 0.15) is 24.5 Å². The molecular formula is C21H23FN4O3. The summed E-state index contributed by atoms with van der Waals surface area (Å²) in [6.07, 6.45) is 3.32. The first-order valence-electron chi connectivity index (χ1n) is 9.78. The Bertz CT molecular complexity index is 916. The van der Waals surface area contributed by atoms with Gasteiger partial charge in [-0.3, -0.25) is 9.69 Å². The number of hydrogen-bond acceptors (Lipinski definition) is 6. The zero-order valence-electron chi connectivity index (χ0n) is 16.1. The van der Waals surface area contributed by atoms with Crippen LogP contribution in [-0.2, 0) is 17.8 Å². The van der Waals surface area contributed by atoms with E-state index >= 15 is 0 Å². The number of piperazine rings is 1. The van der Waals surface area contributed by atoms with Gasteiger partial charge in [-0.05, 0) is 42.8 Å². The molecule has 1 fully saturated rings. The number of benzene rings is 1. The zero-order chi connectivity index (χ0) is 20.1. The number of nitrogens with zero attached hydrogens (tertiary/aromatic N) is 4. The van der Waals surface area contributed by atoms with Gasteiger partial charge in [-0.2, -0.15) is 4.98 Å². The monoisotopic (exact) mass is 398 g/mol. The van der Waals surface area contributed by atoms with Crippen LogP contribution < -0.4 is 0 Å². The number of aryl methyl sites for hydroxylation is 1. The molecule has 8 heteroatoms. The third-order valence-electron chi connectivity index (χ3n) is 5.04. The van der Waals surface area contributed by atoms with Crippen molar-refractivity contribution in [3.8, 4) is 11.4 Å². The van der Waals surface area contributed by atoms with Crippen molar-refractivity contribution in [2.45, 2.75) is 25.8 Å². The van der Waals surface area contributed by atoms with Gasteiger partial charge in [0.05, 0.1) is 12.8 Å². The van der Waals surface area contributed by atoms with Crippen LogP contribution in [0.2, 0.25) is 0 Å². The average molecular weight is 398 g/mol. The summed E-state index contributed by atoms with van der Waals surface area (Å²) in [5.41, 5.74) is 0.699. The molecule has 1 saturated heterocycles. The first kappa shape index (κ1) is 19.3. The van der Waals surface area contributed by atoms with Crippen molar-refractivity contribution in [3.63, 3.8) is 0 Å². The van der Waals surface area contributed by atoms with E-state index < -0.39 is 0 Å². The lowest BCUT2D eigenvalue weighted by molar-refractivity contribution is -0.133. The molecule has 1 aromatic carbocycles. The van der Waals surface area contributed by atoms with Crippen LogP contribution in [0.5, 0.6) is 0 Å². The summed E-state index contributed by atoms with van der Waals surface area (Å²) in [6.45, 7) is 3.93. The van der Waals surface area contributed by atoms with Crippen molar-refractivity contribution in [1.82, 2.24) is 19.9 Å². The Hall–Kier alpha value is -3.00. The first-order chi connectivity index (χ1) is 14.2. The Morgan fingerprint density at radius 3 is 2.62 bits per heavy atom. The summed E-state index contributed by atoms with van der Waals surface area (Å²) in [5.74, 6) is 1.71. The number of carbonyl (C=O) groups is 1. The smallest absolute Gasteiger partial charge is 0.226 e. The van der Waals surface area contributed by atoms with E-state index in [9.17, 15) is 9.18 Å². The van der Waals surface area contributed by atoms with Gasteiger partial charge in [-0.1, -0.05) is 5.16 Å². The largest absolute Gasteiger partial charge is 0.468 e. The van der Waals surface area contributed by atoms with E-state index in [2.05, 4.69) is 15.0 Å². The van der Waals surface area contributed by atoms with Crippen molar-refractivity contribution in [1.29, 1.82) is 0 Å². The summed E-state index contributed by atoms with van der Waals surface area (Å²) in [7, 11) is 0. The van der Waals surface area contributed by atoms with E-state index in [0.29, 0.717) is 36.5 Å². The molecular weight excluding hydrogens is 375 g/mol. The van der Waals surface area contributed by atoms with E-state index in [1.165, 1.54) is 12.1 Å². The van der Waals surface area contributed by atoms with Gasteiger partial charge in [0.2, 0.25) is 17.6 Å². The second kappa shape index (κ2) is 9.00. The van der Waals surface area contributed by atoms with Crippen molar-refractivity contribution in [3.05, 3.63) is 60.1 Å². The second-order valence-electron chi connectivity index (χ2n) is 7.11. The van der Waals surface area contributed by atoms with Gasteiger partial charge in [0.15, 0.2) is 0 Å². The first-order valence-corrected chi connectivity index (χ1v) is 9.78. The van der Waals surface area contributed by atoms with Gasteiger partial charge in [0.25, 0.3) is 0 Å². The Morgan fingerprint density at radius 2 is 1.90 bits per heavy atom. The highest BCUT2D eigenvalue weighted by Gasteiger charge is 2.21. The molecule has 0 N–H and O–H groups in total. The number of halogens is 1. The molecule has 0 bridgehead atoms. The fourth-order valence-electron chi connectivity index (χ4n) is 3.40. The summed E-state index contributed by atoms with van der Waals surface area (Å²) < 4.78 is 23.6. The lowest BCUT2D eigenvalue weighted by Crippen LogP contribution is -2.48. The molecule has 0 atom stereocenters. The molecule has 152 valence electrons. The van der Waals surface area contributed by atoms with Crippen LogP contribution in [0.4, 0.5) is 4.39 Å². The van der Waals surface area contributed by atoms with Crippen molar-refractivity contribution < 1.29 is 18.1 Å². The van der Waals surface area contributed by atoms with E-state index in [1.54, 1.807) is 18.4 Å². The molecule has 0 unspecified atom stereocenters. The van der Waals surface area contributed by atoms with E-state index in [1.807, 2.05) is 17.0 Å². The number of aromatic nitrogens is 2. The molecule has 0 saturated carbocycles. The SMILES string of the molecule is O=C(CCCc1nc(-c2ccc(F)cc2)no1)N1CCN(Cc2ccco2)CC1. The fraction of sp³-hybridized carbons (Fsp3) is 0.381. The molecule has 3 heterocycles. The van der Waals surface area contributed by atoms with Gasteiger partial charge in [-0.15, -0.1) is 0 Å². The maximum Gasteiger partial charge on any atom is 0.226 e. The summed E-state index contributed by atoms with van der Waals surface area (Å²) in [5, 5.41) is 3.93. The maximum absolute atomic E-state index is 13.0. The fourth-order valence-corrected chi connectivity index (χ4v) is 3.40. The zero-order valence-corrected chi connectivity index (χ0v) is 16.1. The van der Waals surface area contributed by atoms with Gasteiger partial charge >= 0.3 is 0 Å². The van der Waals surface area contributed by atoms with E-state index in [0.717, 1.165) is 38.5 Å². The van der Waals surface area contributed by atoms with Crippen LogP contribution in [0.25, 0.3) is 11.4 Å². The minimum Gasteiger partial charge on any atom is -0.468 e. The molecule has 0 aliphatic carbocycles. The molecule has 0 spiro atoms. The number of amides is 1. The van der Waals surface area contributed by atoms with Crippen LogP contribution in [0, 0.1) is 5.82 Å². The molecule has 3 aromatic rings. The van der Waals surface area contributed by atoms with Gasteiger partial charge in [0, 0.05) is 44.6 Å². The summed E-state index contributed by atoms with van der Waals surface area (Å²) in [6, 6.07) is 9.80. The Balaban J connectivity index is 1.19. The number of carbonyl (C=O) groups excluding carboxylic acids is 1. The van der Waals surface area contributed by atoms with Crippen molar-refractivity contribution in [2.75, 3.05) is 26.2 Å². The predicted octanol–water partition coefficient (Wildman–Crippen LogP) is 3.14. The highest BCUT2D eigenvalue weighted by Crippen LogP contribution is 2.17. The maximum atomic E-state index is 13.0. The minimum atomic E-state index is -0.308. The Morgan fingerprint density at radius 1 is 1.10 bits per heavy atom. The lowest BCUT2D eigenvalue weighted by Gasteiger charge is -2.34. The third kappa shape index (κ3) is 5.08. The lowest BCUT2D eigenvalue weighted by atomic mass is 10.2. The van der Waals surface area contributed by atoms with E-state index in [4.69, 9.17) is 8.94 Å². The molecule has 4 rings (SSSR count). The summed E-state index contributed by atoms with van der Waals surface area (Å²) in [4.78, 5) is 21.0. The number of hydrogen-bond donors (Lipinski definition) is 0. The topological polar surface area (TPSA) is 75.6 Å². The van der Waals surface area contributed by atoms with Crippen molar-refractivity contribution >= 4 is 5.91 Å². The van der Waals surface area contributed by atoms with Gasteiger partial charge in [-0.25, -0.2) is 4.39 Å². The molecule has 0 radical (unpaired) electrons. The number of rotatable bonds is 7. The quantitative estimate of drug-likeness (QED) is 0.609. The van der Waals surface area contributed by atoms with Crippen LogP contribution in [0.3, 0.4) is 0 Å². The highest BCUT2D eigenvalue weighted by molar-refractivity contribution is 5.76. The molecule has 1 aliphatic rings. The van der Waals surface area contributed by atoms with E-state index in [-0.39, 0.29) is 11.7 Å². The minimum absolute atomic E-state index is 0.154. The second-order valence-corrected chi connectivity index (χ2v) is 7.11. The molecule has 1 amide bonds. The van der Waals surface area contributed by atoms with Gasteiger partial charge < -0.3 is 13.8 Å². The van der Waals surface area contributed by atoms with Crippen LogP contribution in [-0.4, -0.2) is 52.0 Å². The summed E-state index contributed by atoms with van der Waals surface area (Å²) >= 11 is 0. The number of furan rings is 1. The highest BCUT2D eigenvalue weighted by atomic mass is 19.1. The molecule has 1 aliphatic heterocycles. The molecule has 7 nitrogen and oxygen atoms in total. The Kier molecular flexibility index (Phi) is 6.00. The standard InChI is InChI=1S/C21H23FN4O3/c22-17-8-6-16(7-9-17)21-23-19(29-24-21)4-1-5-20(27)26-12-10-25(11-13-26)15-18-3-2-14-28-18/h2-3,6-9,14H,1,4-5,10-13,15H2. The van der Waals surface area contributed by atoms with Crippen LogP contribution in [0.15, 0.2) is 51.6 Å². The van der Waals surface area contributed by atoms with Crippen molar-refractivity contribution in [2.24, 2.45) is 0 Å². The molecule has 29 heavy (non-hydrogen) atoms. The normalized spacial score (nSPS) is 15.0. The average Bonchev–Trinajstić information content (AvgIpc) is 3.41. The molecule has 2 aromatic heterocycles. The van der Waals surface area contributed by atoms with Gasteiger partial charge in [0.1, 0.15) is 11.6 Å². The Labute approximate surface area is 168 Å². The predicted molar refractivity (Wildman–Crippen MR) is 103 cm³/mol. The third-order valence-corrected chi connectivity index (χ3v) is 5.04.